The van der Waals surface area contributed by atoms with Crippen LogP contribution in [0.25, 0.3) is 0 Å². The van der Waals surface area contributed by atoms with Crippen molar-refractivity contribution in [1.82, 2.24) is 0 Å². The number of ether oxygens (including phenoxy) is 2. The highest BCUT2D eigenvalue weighted by atomic mass is 19.4. The molecule has 0 aliphatic carbocycles. The highest BCUT2D eigenvalue weighted by Crippen LogP contribution is 2.34. The van der Waals surface area contributed by atoms with Gasteiger partial charge < -0.3 is 14.6 Å². The molecule has 3 aromatic carbocycles. The van der Waals surface area contributed by atoms with Gasteiger partial charge in [0, 0.05) is 12.1 Å². The number of phenols is 1. The van der Waals surface area contributed by atoms with Gasteiger partial charge in [-0.3, -0.25) is 0 Å². The van der Waals surface area contributed by atoms with Gasteiger partial charge in [0.1, 0.15) is 28.7 Å². The van der Waals surface area contributed by atoms with E-state index in [0.29, 0.717) is 17.2 Å². The molecule has 0 aromatic heterocycles. The Hall–Kier alpha value is -3.15. The summed E-state index contributed by atoms with van der Waals surface area (Å²) < 4.78 is 49.3. The van der Waals surface area contributed by atoms with Gasteiger partial charge in [0.15, 0.2) is 0 Å². The van der Waals surface area contributed by atoms with Crippen LogP contribution in [0.3, 0.4) is 0 Å². The van der Waals surface area contributed by atoms with Crippen LogP contribution in [0.4, 0.5) is 13.2 Å². The molecule has 3 rings (SSSR count). The summed E-state index contributed by atoms with van der Waals surface area (Å²) in [6.45, 7) is 0. The average molecular weight is 346 g/mol. The molecule has 0 aliphatic rings. The fourth-order valence-corrected chi connectivity index (χ4v) is 2.16. The van der Waals surface area contributed by atoms with Gasteiger partial charge in [-0.25, -0.2) is 0 Å². The molecular formula is C19H13F3O3. The van der Waals surface area contributed by atoms with E-state index >= 15 is 0 Å². The lowest BCUT2D eigenvalue weighted by Gasteiger charge is -2.11. The van der Waals surface area contributed by atoms with E-state index < -0.39 is 11.7 Å². The van der Waals surface area contributed by atoms with E-state index in [4.69, 9.17) is 9.47 Å². The van der Waals surface area contributed by atoms with E-state index in [0.717, 1.165) is 12.1 Å². The number of hydrogen-bond donors (Lipinski definition) is 1. The largest absolute Gasteiger partial charge is 0.508 e. The third-order valence-electron chi connectivity index (χ3n) is 3.26. The number of halogens is 3. The fraction of sp³-hybridized carbons (Fsp3) is 0.0526. The molecule has 0 unspecified atom stereocenters. The second-order valence-electron chi connectivity index (χ2n) is 5.20. The Labute approximate surface area is 141 Å². The van der Waals surface area contributed by atoms with E-state index in [1.54, 1.807) is 36.4 Å². The van der Waals surface area contributed by atoms with Crippen LogP contribution >= 0.6 is 0 Å². The Kier molecular flexibility index (Phi) is 4.52. The van der Waals surface area contributed by atoms with Crippen LogP contribution < -0.4 is 9.47 Å². The molecule has 3 aromatic rings. The smallest absolute Gasteiger partial charge is 0.416 e. The molecule has 0 saturated carbocycles. The van der Waals surface area contributed by atoms with Crippen LogP contribution in [0, 0.1) is 0 Å². The average Bonchev–Trinajstić information content (AvgIpc) is 2.55. The Morgan fingerprint density at radius 2 is 1.12 bits per heavy atom. The Morgan fingerprint density at radius 3 is 1.68 bits per heavy atom. The predicted octanol–water partition coefficient (Wildman–Crippen LogP) is 6.00. The van der Waals surface area contributed by atoms with Gasteiger partial charge in [0.05, 0.1) is 5.56 Å². The minimum absolute atomic E-state index is 0.0638. The molecule has 1 N–H and O–H groups in total. The third kappa shape index (κ3) is 4.44. The van der Waals surface area contributed by atoms with Gasteiger partial charge in [-0.1, -0.05) is 18.2 Å². The molecule has 0 heterocycles. The number of rotatable bonds is 4. The molecule has 0 atom stereocenters. The summed E-state index contributed by atoms with van der Waals surface area (Å²) in [6, 6.07) is 17.4. The second-order valence-corrected chi connectivity index (χ2v) is 5.20. The van der Waals surface area contributed by atoms with Crippen LogP contribution in [-0.4, -0.2) is 5.11 Å². The molecule has 0 radical (unpaired) electrons. The highest BCUT2D eigenvalue weighted by Gasteiger charge is 2.30. The van der Waals surface area contributed by atoms with Gasteiger partial charge >= 0.3 is 6.18 Å². The molecule has 128 valence electrons. The Bertz CT molecular complexity index is 876. The zero-order chi connectivity index (χ0) is 17.9. The zero-order valence-electron chi connectivity index (χ0n) is 12.8. The van der Waals surface area contributed by atoms with Crippen molar-refractivity contribution < 1.29 is 27.8 Å². The minimum Gasteiger partial charge on any atom is -0.508 e. The molecule has 3 nitrogen and oxygen atoms in total. The summed E-state index contributed by atoms with van der Waals surface area (Å²) in [7, 11) is 0. The monoisotopic (exact) mass is 346 g/mol. The lowest BCUT2D eigenvalue weighted by molar-refractivity contribution is -0.137. The molecule has 0 bridgehead atoms. The maximum Gasteiger partial charge on any atom is 0.416 e. The quantitative estimate of drug-likeness (QED) is 0.630. The Morgan fingerprint density at radius 1 is 0.640 bits per heavy atom. The van der Waals surface area contributed by atoms with Crippen molar-refractivity contribution in [2.45, 2.75) is 6.18 Å². The van der Waals surface area contributed by atoms with Gasteiger partial charge in [0.2, 0.25) is 0 Å². The Balaban J connectivity index is 1.78. The molecule has 0 saturated heterocycles. The van der Waals surface area contributed by atoms with E-state index in [1.807, 2.05) is 0 Å². The standard InChI is InChI=1S/C19H13F3O3/c20-19(21,22)13-4-1-6-15(10-13)24-17-8-3-9-18(12-17)25-16-7-2-5-14(23)11-16/h1-12,23H. The fourth-order valence-electron chi connectivity index (χ4n) is 2.16. The first kappa shape index (κ1) is 16.7. The first-order chi connectivity index (χ1) is 11.9. The summed E-state index contributed by atoms with van der Waals surface area (Å²) in [5.41, 5.74) is -0.780. The highest BCUT2D eigenvalue weighted by molar-refractivity contribution is 5.41. The van der Waals surface area contributed by atoms with Gasteiger partial charge in [-0.2, -0.15) is 13.2 Å². The summed E-state index contributed by atoms with van der Waals surface area (Å²) in [6.07, 6.45) is -4.43. The molecule has 0 aliphatic heterocycles. The normalized spacial score (nSPS) is 11.2. The summed E-state index contributed by atoms with van der Waals surface area (Å²) in [5, 5.41) is 9.44. The van der Waals surface area contributed by atoms with Crippen LogP contribution in [0.5, 0.6) is 28.7 Å². The maximum absolute atomic E-state index is 12.7. The topological polar surface area (TPSA) is 38.7 Å². The van der Waals surface area contributed by atoms with Crippen molar-refractivity contribution in [2.24, 2.45) is 0 Å². The summed E-state index contributed by atoms with van der Waals surface area (Å²) in [4.78, 5) is 0. The van der Waals surface area contributed by atoms with Gasteiger partial charge in [-0.15, -0.1) is 0 Å². The first-order valence-electron chi connectivity index (χ1n) is 7.32. The molecular weight excluding hydrogens is 333 g/mol. The lowest BCUT2D eigenvalue weighted by Crippen LogP contribution is -2.04. The van der Waals surface area contributed by atoms with Crippen molar-refractivity contribution in [3.8, 4) is 28.7 Å². The molecule has 0 spiro atoms. The van der Waals surface area contributed by atoms with Crippen LogP contribution in [0.2, 0.25) is 0 Å². The molecule has 25 heavy (non-hydrogen) atoms. The summed E-state index contributed by atoms with van der Waals surface area (Å²) >= 11 is 0. The molecule has 6 heteroatoms. The lowest BCUT2D eigenvalue weighted by atomic mass is 10.2. The van der Waals surface area contributed by atoms with E-state index in [9.17, 15) is 18.3 Å². The van der Waals surface area contributed by atoms with Crippen molar-refractivity contribution in [1.29, 1.82) is 0 Å². The third-order valence-corrected chi connectivity index (χ3v) is 3.26. The predicted molar refractivity (Wildman–Crippen MR) is 86.1 cm³/mol. The second kappa shape index (κ2) is 6.76. The van der Waals surface area contributed by atoms with E-state index in [2.05, 4.69) is 0 Å². The van der Waals surface area contributed by atoms with E-state index in [-0.39, 0.29) is 11.5 Å². The van der Waals surface area contributed by atoms with Crippen LogP contribution in [0.1, 0.15) is 5.56 Å². The minimum atomic E-state index is -4.43. The number of phenolic OH excluding ortho intramolecular Hbond substituents is 1. The SMILES string of the molecule is Oc1cccc(Oc2cccc(Oc3cccc(C(F)(F)F)c3)c2)c1. The number of aromatic hydroxyl groups is 1. The maximum atomic E-state index is 12.7. The van der Waals surface area contributed by atoms with Gasteiger partial charge in [0.25, 0.3) is 0 Å². The van der Waals surface area contributed by atoms with Crippen LogP contribution in [0.15, 0.2) is 72.8 Å². The van der Waals surface area contributed by atoms with E-state index in [1.165, 1.54) is 24.3 Å². The van der Waals surface area contributed by atoms with Crippen molar-refractivity contribution in [2.75, 3.05) is 0 Å². The van der Waals surface area contributed by atoms with Gasteiger partial charge in [-0.05, 0) is 42.5 Å². The number of alkyl halides is 3. The number of benzene rings is 3. The summed E-state index contributed by atoms with van der Waals surface area (Å²) in [5.74, 6) is 1.32. The van der Waals surface area contributed by atoms with Crippen molar-refractivity contribution >= 4 is 0 Å². The zero-order valence-corrected chi connectivity index (χ0v) is 12.8. The molecule has 0 amide bonds. The van der Waals surface area contributed by atoms with Crippen molar-refractivity contribution in [3.63, 3.8) is 0 Å². The molecule has 0 fully saturated rings. The first-order valence-corrected chi connectivity index (χ1v) is 7.32. The van der Waals surface area contributed by atoms with Crippen molar-refractivity contribution in [3.05, 3.63) is 78.4 Å². The number of hydrogen-bond acceptors (Lipinski definition) is 3. The van der Waals surface area contributed by atoms with Crippen LogP contribution in [-0.2, 0) is 6.18 Å².